The Labute approximate surface area is 225 Å². The predicted octanol–water partition coefficient (Wildman–Crippen LogP) is 6.33. The van der Waals surface area contributed by atoms with Gasteiger partial charge in [0.25, 0.3) is 0 Å². The molecule has 1 saturated heterocycles. The van der Waals surface area contributed by atoms with Gasteiger partial charge in [0.2, 0.25) is 5.91 Å². The number of nitrogens with zero attached hydrogens (tertiary/aromatic N) is 1. The minimum absolute atomic E-state index is 0.113. The fourth-order valence-corrected chi connectivity index (χ4v) is 5.57. The van der Waals surface area contributed by atoms with Crippen LogP contribution in [0, 0.1) is 24.0 Å². The molecule has 4 N–H and O–H groups in total. The van der Waals surface area contributed by atoms with Gasteiger partial charge in [-0.25, -0.2) is 8.78 Å². The monoisotopic (exact) mass is 546 g/mol. The minimum Gasteiger partial charge on any atom is -0.323 e. The van der Waals surface area contributed by atoms with Crippen molar-refractivity contribution in [2.45, 2.75) is 57.7 Å². The van der Waals surface area contributed by atoms with Crippen molar-refractivity contribution in [1.29, 1.82) is 0 Å². The van der Waals surface area contributed by atoms with Gasteiger partial charge in [-0.15, -0.1) is 0 Å². The van der Waals surface area contributed by atoms with Gasteiger partial charge in [0.1, 0.15) is 11.6 Å². The summed E-state index contributed by atoms with van der Waals surface area (Å²) in [6.07, 6.45) is 2.09. The van der Waals surface area contributed by atoms with Crippen LogP contribution in [0.4, 0.5) is 14.5 Å². The Bertz CT molecular complexity index is 1330. The van der Waals surface area contributed by atoms with Crippen LogP contribution in [0.1, 0.15) is 49.9 Å². The third-order valence-corrected chi connectivity index (χ3v) is 7.41. The SMILES string of the molecule is Cc1ncccc1NC(=O)C1NC(CC(C)(C)C)C(N)(c2ccc(Cl)cc2F)C1c1cccc(Cl)c1F. The smallest absolute Gasteiger partial charge is 0.242 e. The minimum atomic E-state index is -1.53. The van der Waals surface area contributed by atoms with E-state index in [2.05, 4.69) is 15.6 Å². The molecule has 2 heterocycles. The Morgan fingerprint density at radius 3 is 2.54 bits per heavy atom. The van der Waals surface area contributed by atoms with E-state index >= 15 is 8.78 Å². The molecule has 2 aromatic carbocycles. The second-order valence-electron chi connectivity index (χ2n) is 10.8. The van der Waals surface area contributed by atoms with Crippen molar-refractivity contribution in [2.75, 3.05) is 5.32 Å². The normalized spacial score (nSPS) is 23.8. The van der Waals surface area contributed by atoms with E-state index < -0.39 is 41.1 Å². The number of carbonyl (C=O) groups excluding carboxylic acids is 1. The first kappa shape index (κ1) is 27.5. The summed E-state index contributed by atoms with van der Waals surface area (Å²) in [4.78, 5) is 18.0. The molecular formula is C28H30Cl2F2N4O. The molecule has 1 fully saturated rings. The first-order chi connectivity index (χ1) is 17.3. The van der Waals surface area contributed by atoms with Gasteiger partial charge in [-0.1, -0.05) is 62.2 Å². The van der Waals surface area contributed by atoms with E-state index in [1.807, 2.05) is 20.8 Å². The molecule has 1 amide bonds. The van der Waals surface area contributed by atoms with Gasteiger partial charge in [-0.3, -0.25) is 9.78 Å². The third-order valence-electron chi connectivity index (χ3n) is 6.88. The van der Waals surface area contributed by atoms with E-state index in [1.54, 1.807) is 37.4 Å². The molecule has 0 radical (unpaired) electrons. The molecular weight excluding hydrogens is 517 g/mol. The van der Waals surface area contributed by atoms with Crippen LogP contribution in [0.15, 0.2) is 54.7 Å². The first-order valence-electron chi connectivity index (χ1n) is 12.0. The second kappa shape index (κ2) is 10.3. The number of hydrogen-bond donors (Lipinski definition) is 3. The van der Waals surface area contributed by atoms with E-state index in [4.69, 9.17) is 28.9 Å². The van der Waals surface area contributed by atoms with Crippen LogP contribution in [0.2, 0.25) is 10.0 Å². The molecule has 0 bridgehead atoms. The van der Waals surface area contributed by atoms with Crippen LogP contribution in [0.25, 0.3) is 0 Å². The van der Waals surface area contributed by atoms with Gasteiger partial charge in [-0.2, -0.15) is 0 Å². The highest BCUT2D eigenvalue weighted by molar-refractivity contribution is 6.31. The number of halogens is 4. The van der Waals surface area contributed by atoms with Crippen LogP contribution in [-0.2, 0) is 10.3 Å². The van der Waals surface area contributed by atoms with E-state index in [0.29, 0.717) is 17.8 Å². The Kier molecular flexibility index (Phi) is 7.64. The van der Waals surface area contributed by atoms with Crippen molar-refractivity contribution in [3.05, 3.63) is 93.2 Å². The predicted molar refractivity (Wildman–Crippen MR) is 144 cm³/mol. The van der Waals surface area contributed by atoms with Gasteiger partial charge in [0, 0.05) is 28.7 Å². The molecule has 196 valence electrons. The number of aromatic nitrogens is 1. The zero-order valence-electron chi connectivity index (χ0n) is 21.1. The molecule has 9 heteroatoms. The molecule has 1 aliphatic rings. The average Bonchev–Trinajstić information content (AvgIpc) is 3.08. The number of carbonyl (C=O) groups is 1. The van der Waals surface area contributed by atoms with E-state index in [1.165, 1.54) is 24.3 Å². The van der Waals surface area contributed by atoms with E-state index in [0.717, 1.165) is 0 Å². The molecule has 4 unspecified atom stereocenters. The van der Waals surface area contributed by atoms with Gasteiger partial charge >= 0.3 is 0 Å². The number of anilines is 1. The van der Waals surface area contributed by atoms with Gasteiger partial charge in [-0.05, 0) is 54.7 Å². The van der Waals surface area contributed by atoms with Gasteiger partial charge in [0.05, 0.1) is 28.0 Å². The van der Waals surface area contributed by atoms with Gasteiger partial charge < -0.3 is 16.4 Å². The Morgan fingerprint density at radius 2 is 1.89 bits per heavy atom. The quantitative estimate of drug-likeness (QED) is 0.349. The Balaban J connectivity index is 1.93. The molecule has 0 aliphatic carbocycles. The van der Waals surface area contributed by atoms with E-state index in [-0.39, 0.29) is 26.6 Å². The highest BCUT2D eigenvalue weighted by atomic mass is 35.5. The average molecular weight is 547 g/mol. The van der Waals surface area contributed by atoms with Crippen molar-refractivity contribution >= 4 is 34.8 Å². The summed E-state index contributed by atoms with van der Waals surface area (Å²) >= 11 is 12.2. The summed E-state index contributed by atoms with van der Waals surface area (Å²) in [6, 6.07) is 10.6. The van der Waals surface area contributed by atoms with Crippen LogP contribution < -0.4 is 16.4 Å². The van der Waals surface area contributed by atoms with Crippen LogP contribution in [0.5, 0.6) is 0 Å². The Hall–Kier alpha value is -2.58. The molecule has 4 atom stereocenters. The van der Waals surface area contributed by atoms with Crippen LogP contribution in [-0.4, -0.2) is 23.0 Å². The second-order valence-corrected chi connectivity index (χ2v) is 11.6. The number of nitrogens with one attached hydrogen (secondary N) is 2. The lowest BCUT2D eigenvalue weighted by Gasteiger charge is -2.40. The number of benzene rings is 2. The first-order valence-corrected chi connectivity index (χ1v) is 12.8. The molecule has 4 rings (SSSR count). The van der Waals surface area contributed by atoms with Crippen molar-refractivity contribution in [1.82, 2.24) is 10.3 Å². The van der Waals surface area contributed by atoms with E-state index in [9.17, 15) is 4.79 Å². The van der Waals surface area contributed by atoms with Crippen LogP contribution >= 0.6 is 23.2 Å². The number of amides is 1. The summed E-state index contributed by atoms with van der Waals surface area (Å²) in [5, 5.41) is 6.33. The zero-order valence-corrected chi connectivity index (χ0v) is 22.6. The molecule has 0 spiro atoms. The maximum atomic E-state index is 15.6. The summed E-state index contributed by atoms with van der Waals surface area (Å²) in [5.41, 5.74) is 6.79. The molecule has 1 aliphatic heterocycles. The van der Waals surface area contributed by atoms with Crippen molar-refractivity contribution < 1.29 is 13.6 Å². The summed E-state index contributed by atoms with van der Waals surface area (Å²) in [6.45, 7) is 7.84. The summed E-state index contributed by atoms with van der Waals surface area (Å²) in [5.74, 6) is -2.79. The zero-order chi connectivity index (χ0) is 27.1. The molecule has 37 heavy (non-hydrogen) atoms. The maximum absolute atomic E-state index is 15.6. The number of aryl methyl sites for hydroxylation is 1. The highest BCUT2D eigenvalue weighted by Gasteiger charge is 2.58. The summed E-state index contributed by atoms with van der Waals surface area (Å²) in [7, 11) is 0. The molecule has 5 nitrogen and oxygen atoms in total. The standard InChI is InChI=1S/C28H30Cl2F2N4O/c1-15-21(9-6-12-34-15)35-26(37)25-23(17-7-5-8-19(30)24(17)32)28(33,22(36-25)14-27(2,3)4)18-11-10-16(29)13-20(18)31/h5-13,22-23,25,36H,14,33H2,1-4H3,(H,35,37). The molecule has 1 aromatic heterocycles. The fourth-order valence-electron chi connectivity index (χ4n) is 5.23. The third kappa shape index (κ3) is 5.36. The molecule has 3 aromatic rings. The number of pyridine rings is 1. The van der Waals surface area contributed by atoms with Crippen molar-refractivity contribution in [2.24, 2.45) is 11.1 Å². The lowest BCUT2D eigenvalue weighted by Crippen LogP contribution is -2.52. The fraction of sp³-hybridized carbons (Fsp3) is 0.357. The maximum Gasteiger partial charge on any atom is 0.242 e. The Morgan fingerprint density at radius 1 is 1.16 bits per heavy atom. The largest absolute Gasteiger partial charge is 0.323 e. The topological polar surface area (TPSA) is 80.0 Å². The van der Waals surface area contributed by atoms with Crippen molar-refractivity contribution in [3.63, 3.8) is 0 Å². The number of rotatable bonds is 5. The lowest BCUT2D eigenvalue weighted by atomic mass is 9.68. The van der Waals surface area contributed by atoms with Crippen molar-refractivity contribution in [3.8, 4) is 0 Å². The highest BCUT2D eigenvalue weighted by Crippen LogP contribution is 2.50. The lowest BCUT2D eigenvalue weighted by molar-refractivity contribution is -0.118. The van der Waals surface area contributed by atoms with Gasteiger partial charge in [0.15, 0.2) is 0 Å². The van der Waals surface area contributed by atoms with Crippen LogP contribution in [0.3, 0.4) is 0 Å². The number of hydrogen-bond acceptors (Lipinski definition) is 4. The number of nitrogens with two attached hydrogens (primary N) is 1. The summed E-state index contributed by atoms with van der Waals surface area (Å²) < 4.78 is 31.1. The molecule has 0 saturated carbocycles.